The molecule has 1 saturated carbocycles. The number of nitrogens with one attached hydrogen (secondary N) is 1. The summed E-state index contributed by atoms with van der Waals surface area (Å²) in [6.45, 7) is 6.81. The molecule has 1 amide bonds. The van der Waals surface area contributed by atoms with Crippen molar-refractivity contribution in [1.82, 2.24) is 23.3 Å². The van der Waals surface area contributed by atoms with Crippen molar-refractivity contribution in [2.24, 2.45) is 0 Å². The molecule has 2 fully saturated rings. The zero-order chi connectivity index (χ0) is 20.1. The number of piperazine rings is 1. The highest BCUT2D eigenvalue weighted by Crippen LogP contribution is 2.31. The van der Waals surface area contributed by atoms with Gasteiger partial charge in [-0.2, -0.15) is 22.1 Å². The molecule has 158 valence electrons. The van der Waals surface area contributed by atoms with E-state index in [1.807, 2.05) is 29.5 Å². The van der Waals surface area contributed by atoms with Crippen molar-refractivity contribution in [3.8, 4) is 0 Å². The van der Waals surface area contributed by atoms with Crippen LogP contribution >= 0.6 is 0 Å². The van der Waals surface area contributed by atoms with E-state index in [4.69, 9.17) is 0 Å². The fourth-order valence-electron chi connectivity index (χ4n) is 4.07. The molecule has 2 aliphatic rings. The Labute approximate surface area is 167 Å². The number of amides is 1. The minimum Gasteiger partial charge on any atom is -0.310 e. The van der Waals surface area contributed by atoms with Crippen LogP contribution in [0.2, 0.25) is 0 Å². The quantitative estimate of drug-likeness (QED) is 0.691. The molecule has 0 spiro atoms. The molecule has 28 heavy (non-hydrogen) atoms. The Kier molecular flexibility index (Phi) is 7.08. The molecule has 0 bridgehead atoms. The molecule has 10 heteroatoms. The zero-order valence-electron chi connectivity index (χ0n) is 16.9. The van der Waals surface area contributed by atoms with Gasteiger partial charge in [-0.25, -0.2) is 4.68 Å². The van der Waals surface area contributed by atoms with Gasteiger partial charge < -0.3 is 5.32 Å². The third-order valence-corrected chi connectivity index (χ3v) is 7.85. The smallest absolute Gasteiger partial charge is 0.282 e. The van der Waals surface area contributed by atoms with E-state index >= 15 is 0 Å². The van der Waals surface area contributed by atoms with Gasteiger partial charge in [0.2, 0.25) is 5.91 Å². The summed E-state index contributed by atoms with van der Waals surface area (Å²) in [4.78, 5) is 14.5. The van der Waals surface area contributed by atoms with Gasteiger partial charge in [-0.3, -0.25) is 9.69 Å². The van der Waals surface area contributed by atoms with E-state index in [2.05, 4.69) is 10.4 Å². The second-order valence-corrected chi connectivity index (χ2v) is 9.34. The average Bonchev–Trinajstić information content (AvgIpc) is 3.34. The molecular formula is C18H32N6O3S. The van der Waals surface area contributed by atoms with Gasteiger partial charge in [0, 0.05) is 45.3 Å². The van der Waals surface area contributed by atoms with Crippen molar-refractivity contribution in [3.05, 3.63) is 12.3 Å². The standard InChI is InChI=1S/C18H32N6O3S/c1-3-22(4-2)28(26,27)23-13-11-21(12-14-23)15-18(25)20-17-9-10-19-24(17)16-7-5-6-8-16/h9-10,16H,3-8,11-15H2,1-2H3,(H,20,25). The van der Waals surface area contributed by atoms with Gasteiger partial charge in [0.05, 0.1) is 18.8 Å². The highest BCUT2D eigenvalue weighted by atomic mass is 32.2. The first-order valence-corrected chi connectivity index (χ1v) is 11.7. The minimum atomic E-state index is -3.40. The molecule has 0 atom stereocenters. The van der Waals surface area contributed by atoms with Gasteiger partial charge in [0.15, 0.2) is 0 Å². The van der Waals surface area contributed by atoms with Gasteiger partial charge in [-0.15, -0.1) is 0 Å². The number of rotatable bonds is 8. The summed E-state index contributed by atoms with van der Waals surface area (Å²) in [6, 6.07) is 2.21. The van der Waals surface area contributed by atoms with Crippen LogP contribution in [0.15, 0.2) is 12.3 Å². The summed E-state index contributed by atoms with van der Waals surface area (Å²) in [6.07, 6.45) is 6.35. The molecule has 3 rings (SSSR count). The molecule has 0 aromatic carbocycles. The number of aromatic nitrogens is 2. The first-order valence-electron chi connectivity index (χ1n) is 10.3. The van der Waals surface area contributed by atoms with E-state index in [0.29, 0.717) is 45.3 Å². The SMILES string of the molecule is CCN(CC)S(=O)(=O)N1CCN(CC(=O)Nc2ccnn2C2CCCC2)CC1. The summed E-state index contributed by atoms with van der Waals surface area (Å²) in [5.41, 5.74) is 0. The molecular weight excluding hydrogens is 380 g/mol. The third-order valence-electron chi connectivity index (χ3n) is 5.66. The fourth-order valence-corrected chi connectivity index (χ4v) is 5.67. The van der Waals surface area contributed by atoms with Crippen LogP contribution in [0.1, 0.15) is 45.6 Å². The summed E-state index contributed by atoms with van der Waals surface area (Å²) >= 11 is 0. The molecule has 1 aliphatic heterocycles. The lowest BCUT2D eigenvalue weighted by molar-refractivity contribution is -0.117. The van der Waals surface area contributed by atoms with E-state index in [9.17, 15) is 13.2 Å². The Balaban J connectivity index is 1.50. The Morgan fingerprint density at radius 1 is 1.18 bits per heavy atom. The molecule has 2 heterocycles. The normalized spacial score (nSPS) is 20.1. The molecule has 1 saturated heterocycles. The Bertz CT molecular complexity index is 747. The fraction of sp³-hybridized carbons (Fsp3) is 0.778. The summed E-state index contributed by atoms with van der Waals surface area (Å²) in [5, 5.41) is 7.35. The van der Waals surface area contributed by atoms with Crippen LogP contribution in [-0.4, -0.2) is 83.4 Å². The van der Waals surface area contributed by atoms with Crippen LogP contribution in [0, 0.1) is 0 Å². The van der Waals surface area contributed by atoms with E-state index in [1.165, 1.54) is 21.5 Å². The van der Waals surface area contributed by atoms with Gasteiger partial charge >= 0.3 is 0 Å². The molecule has 0 unspecified atom stereocenters. The van der Waals surface area contributed by atoms with Crippen LogP contribution in [0.25, 0.3) is 0 Å². The highest BCUT2D eigenvalue weighted by Gasteiger charge is 2.31. The summed E-state index contributed by atoms with van der Waals surface area (Å²) < 4.78 is 30.1. The van der Waals surface area contributed by atoms with Gasteiger partial charge in [0.1, 0.15) is 5.82 Å². The van der Waals surface area contributed by atoms with Crippen LogP contribution in [0.4, 0.5) is 5.82 Å². The predicted octanol–water partition coefficient (Wildman–Crippen LogP) is 1.14. The second-order valence-electron chi connectivity index (χ2n) is 7.41. The van der Waals surface area contributed by atoms with Crippen molar-refractivity contribution in [1.29, 1.82) is 0 Å². The van der Waals surface area contributed by atoms with Crippen LogP contribution in [0.3, 0.4) is 0 Å². The first-order chi connectivity index (χ1) is 13.5. The molecule has 1 aromatic heterocycles. The van der Waals surface area contributed by atoms with Crippen LogP contribution in [-0.2, 0) is 15.0 Å². The Morgan fingerprint density at radius 2 is 1.82 bits per heavy atom. The number of carbonyl (C=O) groups excluding carboxylic acids is 1. The lowest BCUT2D eigenvalue weighted by Gasteiger charge is -2.35. The van der Waals surface area contributed by atoms with E-state index in [-0.39, 0.29) is 12.5 Å². The molecule has 1 N–H and O–H groups in total. The second kappa shape index (κ2) is 9.34. The van der Waals surface area contributed by atoms with Crippen molar-refractivity contribution >= 4 is 21.9 Å². The molecule has 1 aromatic rings. The van der Waals surface area contributed by atoms with Gasteiger partial charge in [0.25, 0.3) is 10.2 Å². The lowest BCUT2D eigenvalue weighted by atomic mass is 10.2. The van der Waals surface area contributed by atoms with Crippen LogP contribution < -0.4 is 5.32 Å². The monoisotopic (exact) mass is 412 g/mol. The van der Waals surface area contributed by atoms with E-state index in [1.54, 1.807) is 6.20 Å². The lowest BCUT2D eigenvalue weighted by Crippen LogP contribution is -2.54. The van der Waals surface area contributed by atoms with Crippen LogP contribution in [0.5, 0.6) is 0 Å². The van der Waals surface area contributed by atoms with E-state index < -0.39 is 10.2 Å². The third kappa shape index (κ3) is 4.73. The largest absolute Gasteiger partial charge is 0.310 e. The maximum absolute atomic E-state index is 12.6. The predicted molar refractivity (Wildman–Crippen MR) is 108 cm³/mol. The number of nitrogens with zero attached hydrogens (tertiary/aromatic N) is 5. The number of anilines is 1. The van der Waals surface area contributed by atoms with Crippen molar-refractivity contribution in [2.45, 2.75) is 45.6 Å². The topological polar surface area (TPSA) is 90.8 Å². The zero-order valence-corrected chi connectivity index (χ0v) is 17.7. The molecule has 0 radical (unpaired) electrons. The molecule has 9 nitrogen and oxygen atoms in total. The maximum atomic E-state index is 12.6. The Hall–Kier alpha value is -1.49. The summed E-state index contributed by atoms with van der Waals surface area (Å²) in [7, 11) is -3.40. The van der Waals surface area contributed by atoms with Crippen molar-refractivity contribution in [3.63, 3.8) is 0 Å². The number of hydrogen-bond acceptors (Lipinski definition) is 5. The minimum absolute atomic E-state index is 0.0835. The van der Waals surface area contributed by atoms with Gasteiger partial charge in [-0.05, 0) is 12.8 Å². The first kappa shape index (κ1) is 21.2. The average molecular weight is 413 g/mol. The summed E-state index contributed by atoms with van der Waals surface area (Å²) in [5.74, 6) is 0.666. The highest BCUT2D eigenvalue weighted by molar-refractivity contribution is 7.86. The Morgan fingerprint density at radius 3 is 2.43 bits per heavy atom. The molecule has 1 aliphatic carbocycles. The van der Waals surface area contributed by atoms with Crippen molar-refractivity contribution < 1.29 is 13.2 Å². The number of hydrogen-bond donors (Lipinski definition) is 1. The number of carbonyl (C=O) groups is 1. The van der Waals surface area contributed by atoms with Crippen molar-refractivity contribution in [2.75, 3.05) is 51.1 Å². The van der Waals surface area contributed by atoms with E-state index in [0.717, 1.165) is 18.7 Å². The van der Waals surface area contributed by atoms with Gasteiger partial charge in [-0.1, -0.05) is 26.7 Å². The maximum Gasteiger partial charge on any atom is 0.282 e.